The van der Waals surface area contributed by atoms with Crippen LogP contribution in [0, 0.1) is 5.95 Å². The number of carbonyl (C=O) groups is 1. The second-order valence-corrected chi connectivity index (χ2v) is 8.10. The predicted octanol–water partition coefficient (Wildman–Crippen LogP) is 6.87. The third kappa shape index (κ3) is 4.82. The van der Waals surface area contributed by atoms with Crippen LogP contribution < -0.4 is 0 Å². The number of halogens is 3. The fourth-order valence-corrected chi connectivity index (χ4v) is 4.17. The second kappa shape index (κ2) is 9.57. The number of carboxylic acids is 1. The molecule has 0 aliphatic heterocycles. The molecule has 2 aromatic heterocycles. The van der Waals surface area contributed by atoms with Gasteiger partial charge in [-0.2, -0.15) is 4.39 Å². The smallest absolute Gasteiger partial charge is 0.328 e. The highest BCUT2D eigenvalue weighted by atomic mass is 35.5. The van der Waals surface area contributed by atoms with Gasteiger partial charge in [-0.1, -0.05) is 60.5 Å². The van der Waals surface area contributed by atoms with Crippen molar-refractivity contribution in [3.8, 4) is 0 Å². The van der Waals surface area contributed by atoms with Gasteiger partial charge in [0.2, 0.25) is 5.95 Å². The van der Waals surface area contributed by atoms with Crippen molar-refractivity contribution in [2.24, 2.45) is 0 Å². The number of pyridine rings is 1. The van der Waals surface area contributed by atoms with Crippen LogP contribution in [0.3, 0.4) is 0 Å². The summed E-state index contributed by atoms with van der Waals surface area (Å²) in [5.41, 5.74) is 5.19. The van der Waals surface area contributed by atoms with Crippen molar-refractivity contribution in [3.05, 3.63) is 99.2 Å². The number of nitrogens with one attached hydrogen (secondary N) is 1. The summed E-state index contributed by atoms with van der Waals surface area (Å²) in [4.78, 5) is 15.3. The summed E-state index contributed by atoms with van der Waals surface area (Å²) in [5, 5.41) is 16.4. The Balaban J connectivity index is 1.95. The number of allylic oxidation sites excluding steroid dienone is 1. The van der Waals surface area contributed by atoms with Crippen LogP contribution in [-0.2, 0) is 4.79 Å². The number of aromatic amines is 1. The Kier molecular flexibility index (Phi) is 6.58. The maximum atomic E-state index is 14.2. The fraction of sp³-hybridized carbons (Fsp3) is 0.0800. The number of hydrogen-bond acceptors (Lipinski definition) is 3. The molecule has 4 aromatic rings. The van der Waals surface area contributed by atoms with Gasteiger partial charge >= 0.3 is 5.97 Å². The summed E-state index contributed by atoms with van der Waals surface area (Å²) >= 11 is 12.6. The molecule has 166 valence electrons. The standard InChI is InChI=1S/C25H18Cl2FN3O2/c1-2-18(24-20(27)12-17(26)13-29-24)23(15-6-3-14(4-7-15)5-10-22(32)33)16-8-9-21-19(11-16)25(28)31-30-21/h3-13H,2H2,1H3,(H,30,31)(H,32,33). The fourth-order valence-electron chi connectivity index (χ4n) is 3.68. The van der Waals surface area contributed by atoms with Crippen LogP contribution in [-0.4, -0.2) is 26.3 Å². The van der Waals surface area contributed by atoms with E-state index in [0.717, 1.165) is 33.9 Å². The van der Waals surface area contributed by atoms with Gasteiger partial charge in [0.1, 0.15) is 0 Å². The van der Waals surface area contributed by atoms with Crippen LogP contribution in [0.5, 0.6) is 0 Å². The van der Waals surface area contributed by atoms with Gasteiger partial charge in [0.15, 0.2) is 0 Å². The SMILES string of the molecule is CCC(=C(c1ccc(C=CC(=O)O)cc1)c1ccc2[nH]nc(F)c2c1)c1ncc(Cl)cc1Cl. The van der Waals surface area contributed by atoms with Crippen LogP contribution in [0.4, 0.5) is 4.39 Å². The first-order valence-corrected chi connectivity index (χ1v) is 10.8. The molecule has 0 saturated carbocycles. The highest BCUT2D eigenvalue weighted by molar-refractivity contribution is 6.35. The van der Waals surface area contributed by atoms with Crippen LogP contribution in [0.1, 0.15) is 35.7 Å². The Labute approximate surface area is 199 Å². The third-order valence-electron chi connectivity index (χ3n) is 5.17. The first-order valence-electron chi connectivity index (χ1n) is 10.1. The lowest BCUT2D eigenvalue weighted by Crippen LogP contribution is -1.98. The van der Waals surface area contributed by atoms with E-state index in [2.05, 4.69) is 15.2 Å². The van der Waals surface area contributed by atoms with Gasteiger partial charge in [-0.05, 0) is 58.5 Å². The molecule has 0 aliphatic rings. The highest BCUT2D eigenvalue weighted by Gasteiger charge is 2.18. The van der Waals surface area contributed by atoms with Gasteiger partial charge in [0.05, 0.1) is 26.6 Å². The monoisotopic (exact) mass is 481 g/mol. The second-order valence-electron chi connectivity index (χ2n) is 7.26. The average molecular weight is 482 g/mol. The molecule has 5 nitrogen and oxygen atoms in total. The molecule has 33 heavy (non-hydrogen) atoms. The Morgan fingerprint density at radius 3 is 2.52 bits per heavy atom. The van der Waals surface area contributed by atoms with Gasteiger partial charge in [0, 0.05) is 12.3 Å². The molecular weight excluding hydrogens is 464 g/mol. The van der Waals surface area contributed by atoms with Gasteiger partial charge in [0.25, 0.3) is 0 Å². The number of carboxylic acid groups (broad SMARTS) is 1. The molecule has 0 unspecified atom stereocenters. The summed E-state index contributed by atoms with van der Waals surface area (Å²) in [6, 6.07) is 14.4. The molecule has 8 heteroatoms. The van der Waals surface area contributed by atoms with Crippen LogP contribution in [0.25, 0.3) is 28.1 Å². The van der Waals surface area contributed by atoms with E-state index < -0.39 is 11.9 Å². The van der Waals surface area contributed by atoms with Crippen molar-refractivity contribution in [3.63, 3.8) is 0 Å². The number of fused-ring (bicyclic) bond motifs is 1. The molecule has 2 N–H and O–H groups in total. The van der Waals surface area contributed by atoms with Gasteiger partial charge < -0.3 is 5.11 Å². The van der Waals surface area contributed by atoms with E-state index in [-0.39, 0.29) is 0 Å². The van der Waals surface area contributed by atoms with Crippen molar-refractivity contribution in [2.75, 3.05) is 0 Å². The minimum absolute atomic E-state index is 0.372. The van der Waals surface area contributed by atoms with Crippen molar-refractivity contribution in [1.29, 1.82) is 0 Å². The molecule has 0 atom stereocenters. The molecule has 0 spiro atoms. The Bertz CT molecular complexity index is 1410. The number of rotatable bonds is 6. The number of hydrogen-bond donors (Lipinski definition) is 2. The first-order chi connectivity index (χ1) is 15.9. The number of aromatic nitrogens is 3. The van der Waals surface area contributed by atoms with Crippen molar-refractivity contribution in [1.82, 2.24) is 15.2 Å². The lowest BCUT2D eigenvalue weighted by atomic mass is 9.89. The van der Waals surface area contributed by atoms with Gasteiger partial charge in [-0.25, -0.2) is 4.79 Å². The van der Waals surface area contributed by atoms with E-state index in [1.165, 1.54) is 12.3 Å². The predicted molar refractivity (Wildman–Crippen MR) is 130 cm³/mol. The summed E-state index contributed by atoms with van der Waals surface area (Å²) in [6.07, 6.45) is 4.72. The van der Waals surface area contributed by atoms with Crippen molar-refractivity contribution >= 4 is 57.3 Å². The minimum atomic E-state index is -1.02. The average Bonchev–Trinajstić information content (AvgIpc) is 3.17. The number of H-pyrrole nitrogens is 1. The largest absolute Gasteiger partial charge is 0.478 e. The van der Waals surface area contributed by atoms with Crippen molar-refractivity contribution < 1.29 is 14.3 Å². The lowest BCUT2D eigenvalue weighted by molar-refractivity contribution is -0.131. The molecule has 0 amide bonds. The number of nitrogens with zero attached hydrogens (tertiary/aromatic N) is 2. The molecule has 0 fully saturated rings. The van der Waals surface area contributed by atoms with Gasteiger partial charge in [-0.3, -0.25) is 10.1 Å². The van der Waals surface area contributed by atoms with Crippen LogP contribution in [0.15, 0.2) is 60.8 Å². The molecule has 2 aromatic carbocycles. The zero-order chi connectivity index (χ0) is 23.5. The van der Waals surface area contributed by atoms with E-state index in [4.69, 9.17) is 28.3 Å². The third-order valence-corrected chi connectivity index (χ3v) is 5.67. The normalized spacial score (nSPS) is 12.4. The quantitative estimate of drug-likeness (QED) is 0.294. The Morgan fingerprint density at radius 1 is 1.12 bits per heavy atom. The van der Waals surface area contributed by atoms with E-state index in [1.807, 2.05) is 37.3 Å². The molecule has 0 bridgehead atoms. The maximum absolute atomic E-state index is 14.2. The zero-order valence-corrected chi connectivity index (χ0v) is 19.0. The molecule has 0 saturated heterocycles. The molecule has 0 radical (unpaired) electrons. The molecular formula is C25H18Cl2FN3O2. The maximum Gasteiger partial charge on any atom is 0.328 e. The van der Waals surface area contributed by atoms with Crippen LogP contribution in [0.2, 0.25) is 10.0 Å². The highest BCUT2D eigenvalue weighted by Crippen LogP contribution is 2.37. The summed E-state index contributed by atoms with van der Waals surface area (Å²) in [6.45, 7) is 1.99. The topological polar surface area (TPSA) is 78.9 Å². The summed E-state index contributed by atoms with van der Waals surface area (Å²) in [5.74, 6) is -1.60. The Hall–Kier alpha value is -3.48. The molecule has 2 heterocycles. The minimum Gasteiger partial charge on any atom is -0.478 e. The van der Waals surface area contributed by atoms with E-state index in [0.29, 0.717) is 33.1 Å². The van der Waals surface area contributed by atoms with Crippen LogP contribution >= 0.6 is 23.2 Å². The van der Waals surface area contributed by atoms with E-state index >= 15 is 0 Å². The van der Waals surface area contributed by atoms with Gasteiger partial charge in [-0.15, -0.1) is 5.10 Å². The summed E-state index contributed by atoms with van der Waals surface area (Å²) < 4.78 is 14.2. The summed E-state index contributed by atoms with van der Waals surface area (Å²) in [7, 11) is 0. The molecule has 4 rings (SSSR count). The first kappa shape index (κ1) is 22.7. The molecule has 0 aliphatic carbocycles. The number of benzene rings is 2. The van der Waals surface area contributed by atoms with E-state index in [9.17, 15) is 9.18 Å². The van der Waals surface area contributed by atoms with Crippen molar-refractivity contribution in [2.45, 2.75) is 13.3 Å². The van der Waals surface area contributed by atoms with E-state index in [1.54, 1.807) is 18.2 Å². The number of aliphatic carboxylic acids is 1. The zero-order valence-electron chi connectivity index (χ0n) is 17.4. The Morgan fingerprint density at radius 2 is 1.85 bits per heavy atom. The lowest BCUT2D eigenvalue weighted by Gasteiger charge is -2.17.